The van der Waals surface area contributed by atoms with Crippen molar-refractivity contribution in [3.8, 4) is 5.75 Å². The van der Waals surface area contributed by atoms with Crippen LogP contribution >= 0.6 is 23.2 Å². The summed E-state index contributed by atoms with van der Waals surface area (Å²) >= 11 is 12.2. The van der Waals surface area contributed by atoms with Crippen LogP contribution in [0.2, 0.25) is 10.0 Å². The van der Waals surface area contributed by atoms with Crippen molar-refractivity contribution in [1.82, 2.24) is 5.32 Å². The van der Waals surface area contributed by atoms with Crippen molar-refractivity contribution in [2.24, 2.45) is 0 Å². The van der Waals surface area contributed by atoms with Crippen LogP contribution in [0.1, 0.15) is 25.5 Å². The molecule has 3 aromatic rings. The molecular formula is C24H24Cl2N2O4S. The average Bonchev–Trinajstić information content (AvgIpc) is 2.78. The number of rotatable bonds is 9. The summed E-state index contributed by atoms with van der Waals surface area (Å²) in [7, 11) is -4.06. The Bertz CT molecular complexity index is 1180. The number of halogens is 2. The van der Waals surface area contributed by atoms with Gasteiger partial charge in [-0.05, 0) is 61.9 Å². The van der Waals surface area contributed by atoms with Crippen molar-refractivity contribution in [3.05, 3.63) is 88.4 Å². The second-order valence-corrected chi connectivity index (χ2v) is 9.98. The number of ether oxygens (including phenoxy) is 1. The largest absolute Gasteiger partial charge is 0.494 e. The summed E-state index contributed by atoms with van der Waals surface area (Å²) in [4.78, 5) is 13.0. The molecule has 0 radical (unpaired) electrons. The maximum absolute atomic E-state index is 13.4. The fraction of sp³-hybridized carbons (Fsp3) is 0.208. The Morgan fingerprint density at radius 1 is 1.00 bits per heavy atom. The molecule has 3 rings (SSSR count). The Morgan fingerprint density at radius 2 is 1.61 bits per heavy atom. The summed E-state index contributed by atoms with van der Waals surface area (Å²) in [6, 6.07) is 19.3. The number of sulfonamides is 1. The molecular weight excluding hydrogens is 483 g/mol. The molecule has 0 saturated heterocycles. The highest BCUT2D eigenvalue weighted by atomic mass is 35.5. The number of hydrogen-bond donors (Lipinski definition) is 1. The zero-order valence-electron chi connectivity index (χ0n) is 18.2. The Morgan fingerprint density at radius 3 is 2.18 bits per heavy atom. The minimum absolute atomic E-state index is 0.0495. The third-order valence-electron chi connectivity index (χ3n) is 4.82. The highest BCUT2D eigenvalue weighted by molar-refractivity contribution is 7.92. The van der Waals surface area contributed by atoms with Crippen molar-refractivity contribution in [2.75, 3.05) is 17.5 Å². The first-order chi connectivity index (χ1) is 15.7. The van der Waals surface area contributed by atoms with Gasteiger partial charge in [-0.2, -0.15) is 0 Å². The van der Waals surface area contributed by atoms with Gasteiger partial charge in [-0.25, -0.2) is 8.42 Å². The minimum Gasteiger partial charge on any atom is -0.494 e. The van der Waals surface area contributed by atoms with E-state index in [9.17, 15) is 13.2 Å². The van der Waals surface area contributed by atoms with Crippen molar-refractivity contribution in [2.45, 2.75) is 24.8 Å². The van der Waals surface area contributed by atoms with Crippen LogP contribution in [-0.2, 0) is 14.8 Å². The lowest BCUT2D eigenvalue weighted by Crippen LogP contribution is -2.41. The molecule has 1 unspecified atom stereocenters. The number of amides is 1. The molecule has 9 heteroatoms. The molecule has 33 heavy (non-hydrogen) atoms. The molecule has 0 fully saturated rings. The Labute approximate surface area is 204 Å². The van der Waals surface area contributed by atoms with Crippen LogP contribution in [0, 0.1) is 0 Å². The monoisotopic (exact) mass is 506 g/mol. The molecule has 6 nitrogen and oxygen atoms in total. The van der Waals surface area contributed by atoms with Gasteiger partial charge in [-0.1, -0.05) is 53.5 Å². The van der Waals surface area contributed by atoms with Gasteiger partial charge in [0.25, 0.3) is 10.0 Å². The third-order valence-corrected chi connectivity index (χ3v) is 7.05. The molecule has 174 valence electrons. The summed E-state index contributed by atoms with van der Waals surface area (Å²) in [5.74, 6) is 0.254. The molecule has 0 heterocycles. The molecule has 0 aliphatic heterocycles. The van der Waals surface area contributed by atoms with Crippen LogP contribution in [0.5, 0.6) is 5.75 Å². The Balaban J connectivity index is 1.86. The standard InChI is InChI=1S/C24H24Cl2N2O4S/c1-3-32-22-11-9-18(10-12-22)17(2)27-24(29)16-28(21-14-19(25)13-20(26)15-21)33(30,31)23-7-5-4-6-8-23/h4-15,17H,3,16H2,1-2H3,(H,27,29). The van der Waals surface area contributed by atoms with Gasteiger partial charge >= 0.3 is 0 Å². The van der Waals surface area contributed by atoms with Gasteiger partial charge < -0.3 is 10.1 Å². The van der Waals surface area contributed by atoms with E-state index in [1.807, 2.05) is 38.1 Å². The number of carbonyl (C=O) groups excluding carboxylic acids is 1. The summed E-state index contributed by atoms with van der Waals surface area (Å²) in [6.07, 6.45) is 0. The van der Waals surface area contributed by atoms with Crippen molar-refractivity contribution in [3.63, 3.8) is 0 Å². The maximum Gasteiger partial charge on any atom is 0.264 e. The van der Waals surface area contributed by atoms with E-state index in [0.29, 0.717) is 6.61 Å². The van der Waals surface area contributed by atoms with Gasteiger partial charge in [-0.3, -0.25) is 9.10 Å². The third kappa shape index (κ3) is 6.41. The second-order valence-electron chi connectivity index (χ2n) is 7.24. The predicted octanol–water partition coefficient (Wildman–Crippen LogP) is 5.46. The topological polar surface area (TPSA) is 75.7 Å². The lowest BCUT2D eigenvalue weighted by atomic mass is 10.1. The first kappa shape index (κ1) is 24.9. The van der Waals surface area contributed by atoms with Crippen molar-refractivity contribution < 1.29 is 17.9 Å². The van der Waals surface area contributed by atoms with Crippen LogP contribution in [0.15, 0.2) is 77.7 Å². The highest BCUT2D eigenvalue weighted by Gasteiger charge is 2.28. The van der Waals surface area contributed by atoms with Crippen LogP contribution < -0.4 is 14.4 Å². The summed E-state index contributed by atoms with van der Waals surface area (Å²) in [5, 5.41) is 3.37. The summed E-state index contributed by atoms with van der Waals surface area (Å²) < 4.78 is 33.2. The van der Waals surface area contributed by atoms with E-state index in [1.54, 1.807) is 18.2 Å². The van der Waals surface area contributed by atoms with Gasteiger partial charge in [0.2, 0.25) is 5.91 Å². The number of benzene rings is 3. The molecule has 0 aliphatic rings. The van der Waals surface area contributed by atoms with E-state index in [2.05, 4.69) is 5.32 Å². The smallest absolute Gasteiger partial charge is 0.264 e. The molecule has 0 saturated carbocycles. The quantitative estimate of drug-likeness (QED) is 0.417. The maximum atomic E-state index is 13.4. The normalized spacial score (nSPS) is 12.1. The van der Waals surface area contributed by atoms with E-state index in [-0.39, 0.29) is 26.7 Å². The zero-order chi connectivity index (χ0) is 24.0. The molecule has 3 aromatic carbocycles. The average molecular weight is 507 g/mol. The fourth-order valence-corrected chi connectivity index (χ4v) is 5.18. The van der Waals surface area contributed by atoms with Crippen LogP contribution in [0.4, 0.5) is 5.69 Å². The zero-order valence-corrected chi connectivity index (χ0v) is 20.5. The van der Waals surface area contributed by atoms with Crippen LogP contribution in [-0.4, -0.2) is 27.5 Å². The number of anilines is 1. The molecule has 0 spiro atoms. The second kappa shape index (κ2) is 10.9. The first-order valence-electron chi connectivity index (χ1n) is 10.3. The molecule has 1 amide bonds. The van der Waals surface area contributed by atoms with Gasteiger partial charge in [0.1, 0.15) is 12.3 Å². The van der Waals surface area contributed by atoms with E-state index in [1.165, 1.54) is 30.3 Å². The van der Waals surface area contributed by atoms with Gasteiger partial charge in [-0.15, -0.1) is 0 Å². The van der Waals surface area contributed by atoms with Crippen molar-refractivity contribution >= 4 is 44.8 Å². The first-order valence-corrected chi connectivity index (χ1v) is 12.5. The summed E-state index contributed by atoms with van der Waals surface area (Å²) in [5.41, 5.74) is 1.05. The minimum atomic E-state index is -4.06. The molecule has 0 bridgehead atoms. The van der Waals surface area contributed by atoms with Gasteiger partial charge in [0.15, 0.2) is 0 Å². The van der Waals surface area contributed by atoms with E-state index < -0.39 is 22.5 Å². The molecule has 0 aliphatic carbocycles. The number of hydrogen-bond acceptors (Lipinski definition) is 4. The number of carbonyl (C=O) groups is 1. The number of nitrogens with one attached hydrogen (secondary N) is 1. The SMILES string of the molecule is CCOc1ccc(C(C)NC(=O)CN(c2cc(Cl)cc(Cl)c2)S(=O)(=O)c2ccccc2)cc1. The fourth-order valence-electron chi connectivity index (χ4n) is 3.24. The molecule has 1 atom stereocenters. The number of nitrogens with zero attached hydrogens (tertiary/aromatic N) is 1. The van der Waals surface area contributed by atoms with Crippen LogP contribution in [0.3, 0.4) is 0 Å². The van der Waals surface area contributed by atoms with Gasteiger partial charge in [0.05, 0.1) is 23.2 Å². The van der Waals surface area contributed by atoms with E-state index >= 15 is 0 Å². The van der Waals surface area contributed by atoms with E-state index in [0.717, 1.165) is 15.6 Å². The molecule has 1 N–H and O–H groups in total. The summed E-state index contributed by atoms with van der Waals surface area (Å²) in [6.45, 7) is 3.83. The van der Waals surface area contributed by atoms with Gasteiger partial charge in [0, 0.05) is 10.0 Å². The Kier molecular flexibility index (Phi) is 8.24. The van der Waals surface area contributed by atoms with Crippen LogP contribution in [0.25, 0.3) is 0 Å². The molecule has 0 aromatic heterocycles. The van der Waals surface area contributed by atoms with E-state index in [4.69, 9.17) is 27.9 Å². The highest BCUT2D eigenvalue weighted by Crippen LogP contribution is 2.29. The Hall–Kier alpha value is -2.74. The predicted molar refractivity (Wildman–Crippen MR) is 132 cm³/mol. The van der Waals surface area contributed by atoms with Crippen molar-refractivity contribution in [1.29, 1.82) is 0 Å². The lowest BCUT2D eigenvalue weighted by molar-refractivity contribution is -0.120. The lowest BCUT2D eigenvalue weighted by Gasteiger charge is -2.25.